The van der Waals surface area contributed by atoms with Crippen molar-refractivity contribution >= 4 is 11.5 Å². The van der Waals surface area contributed by atoms with Crippen LogP contribution in [0.5, 0.6) is 0 Å². The molecule has 0 bridgehead atoms. The predicted octanol–water partition coefficient (Wildman–Crippen LogP) is 2.58. The number of hydrogen-bond acceptors (Lipinski definition) is 5. The number of aromatic nitrogens is 4. The van der Waals surface area contributed by atoms with Crippen molar-refractivity contribution in [2.24, 2.45) is 0 Å². The van der Waals surface area contributed by atoms with Crippen LogP contribution in [0.4, 0.5) is 19.0 Å². The fourth-order valence-electron chi connectivity index (χ4n) is 2.89. The van der Waals surface area contributed by atoms with Crippen molar-refractivity contribution in [3.63, 3.8) is 0 Å². The smallest absolute Gasteiger partial charge is 0.365 e. The topological polar surface area (TPSA) is 67.1 Å². The minimum Gasteiger partial charge on any atom is -0.365 e. The largest absolute Gasteiger partial charge is 0.416 e. The van der Waals surface area contributed by atoms with Crippen LogP contribution in [0.1, 0.15) is 12.0 Å². The number of alkyl halides is 3. The molecule has 0 unspecified atom stereocenters. The Kier molecular flexibility index (Phi) is 3.79. The molecular weight excluding hydrogens is 333 g/mol. The Morgan fingerprint density at radius 1 is 1.24 bits per heavy atom. The lowest BCUT2D eigenvalue weighted by Gasteiger charge is -2.12. The van der Waals surface area contributed by atoms with Crippen molar-refractivity contribution in [1.82, 2.24) is 24.7 Å². The fraction of sp³-hybridized carbons (Fsp3) is 0.312. The Morgan fingerprint density at radius 3 is 2.88 bits per heavy atom. The van der Waals surface area contributed by atoms with Crippen LogP contribution in [0.25, 0.3) is 17.0 Å². The standard InChI is InChI=1S/C16H15F3N6/c17-16(18,19)10-2-4-25-13(8-22-15(25)5-10)12-7-21-9-14(24-12)23-11-1-3-20-6-11/h2,4-5,7-9,11,20H,1,3,6H2,(H,23,24)/t11-/m1/s1. The number of rotatable bonds is 3. The summed E-state index contributed by atoms with van der Waals surface area (Å²) < 4.78 is 40.0. The van der Waals surface area contributed by atoms with Crippen LogP contribution in [-0.2, 0) is 6.18 Å². The zero-order valence-corrected chi connectivity index (χ0v) is 13.1. The number of nitrogens with one attached hydrogen (secondary N) is 2. The molecule has 1 aliphatic rings. The highest BCUT2D eigenvalue weighted by atomic mass is 19.4. The van der Waals surface area contributed by atoms with Gasteiger partial charge in [-0.2, -0.15) is 13.2 Å². The molecule has 1 aliphatic heterocycles. The molecule has 0 aliphatic carbocycles. The van der Waals surface area contributed by atoms with Gasteiger partial charge in [0.1, 0.15) is 17.2 Å². The third kappa shape index (κ3) is 3.14. The molecule has 0 amide bonds. The van der Waals surface area contributed by atoms with E-state index in [1.54, 1.807) is 16.8 Å². The second-order valence-corrected chi connectivity index (χ2v) is 5.91. The van der Waals surface area contributed by atoms with E-state index in [0.29, 0.717) is 23.2 Å². The molecule has 0 saturated carbocycles. The van der Waals surface area contributed by atoms with Crippen LogP contribution in [0.2, 0.25) is 0 Å². The van der Waals surface area contributed by atoms with Gasteiger partial charge in [0.25, 0.3) is 0 Å². The summed E-state index contributed by atoms with van der Waals surface area (Å²) in [5, 5.41) is 6.57. The van der Waals surface area contributed by atoms with E-state index < -0.39 is 11.7 Å². The highest BCUT2D eigenvalue weighted by Crippen LogP contribution is 2.30. The molecule has 2 N–H and O–H groups in total. The summed E-state index contributed by atoms with van der Waals surface area (Å²) in [4.78, 5) is 12.8. The van der Waals surface area contributed by atoms with Gasteiger partial charge in [-0.1, -0.05) is 0 Å². The molecule has 0 radical (unpaired) electrons. The first-order valence-electron chi connectivity index (χ1n) is 7.85. The lowest BCUT2D eigenvalue weighted by atomic mass is 10.2. The molecule has 0 aromatic carbocycles. The van der Waals surface area contributed by atoms with Crippen molar-refractivity contribution in [2.75, 3.05) is 18.4 Å². The molecule has 4 rings (SSSR count). The maximum absolute atomic E-state index is 12.8. The first-order valence-corrected chi connectivity index (χ1v) is 7.85. The lowest BCUT2D eigenvalue weighted by Crippen LogP contribution is -2.22. The van der Waals surface area contributed by atoms with Crippen molar-refractivity contribution in [3.8, 4) is 11.4 Å². The molecule has 1 fully saturated rings. The predicted molar refractivity (Wildman–Crippen MR) is 86.1 cm³/mol. The lowest BCUT2D eigenvalue weighted by molar-refractivity contribution is -0.137. The van der Waals surface area contributed by atoms with Crippen LogP contribution in [0, 0.1) is 0 Å². The number of pyridine rings is 1. The summed E-state index contributed by atoms with van der Waals surface area (Å²) in [7, 11) is 0. The second-order valence-electron chi connectivity index (χ2n) is 5.91. The van der Waals surface area contributed by atoms with Gasteiger partial charge in [-0.25, -0.2) is 9.97 Å². The molecule has 4 heterocycles. The Hall–Kier alpha value is -2.68. The highest BCUT2D eigenvalue weighted by molar-refractivity contribution is 5.61. The maximum atomic E-state index is 12.8. The van der Waals surface area contributed by atoms with Gasteiger partial charge in [0, 0.05) is 18.8 Å². The second kappa shape index (κ2) is 5.99. The van der Waals surface area contributed by atoms with Gasteiger partial charge < -0.3 is 10.6 Å². The Morgan fingerprint density at radius 2 is 2.12 bits per heavy atom. The van der Waals surface area contributed by atoms with E-state index in [-0.39, 0.29) is 5.65 Å². The van der Waals surface area contributed by atoms with Crippen molar-refractivity contribution < 1.29 is 13.2 Å². The molecule has 9 heteroatoms. The van der Waals surface area contributed by atoms with E-state index in [4.69, 9.17) is 0 Å². The average Bonchev–Trinajstić information content (AvgIpc) is 3.23. The number of hydrogen-bond donors (Lipinski definition) is 2. The van der Waals surface area contributed by atoms with Crippen LogP contribution < -0.4 is 10.6 Å². The molecule has 130 valence electrons. The molecule has 3 aromatic rings. The molecule has 1 atom stereocenters. The Labute approximate surface area is 141 Å². The minimum atomic E-state index is -4.40. The van der Waals surface area contributed by atoms with Crippen molar-refractivity contribution in [3.05, 3.63) is 42.5 Å². The number of fused-ring (bicyclic) bond motifs is 1. The monoisotopic (exact) mass is 348 g/mol. The number of halogens is 3. The SMILES string of the molecule is FC(F)(F)c1ccn2c(-c3cncc(N[C@@H]4CCNC4)n3)cnc2c1. The number of nitrogens with zero attached hydrogens (tertiary/aromatic N) is 4. The molecule has 25 heavy (non-hydrogen) atoms. The van der Waals surface area contributed by atoms with Crippen molar-refractivity contribution in [2.45, 2.75) is 18.6 Å². The van der Waals surface area contributed by atoms with E-state index in [9.17, 15) is 13.2 Å². The first kappa shape index (κ1) is 15.8. The molecule has 6 nitrogen and oxygen atoms in total. The van der Waals surface area contributed by atoms with E-state index >= 15 is 0 Å². The third-order valence-corrected chi connectivity index (χ3v) is 4.15. The van der Waals surface area contributed by atoms with Gasteiger partial charge in [-0.05, 0) is 25.1 Å². The van der Waals surface area contributed by atoms with E-state index in [2.05, 4.69) is 25.6 Å². The highest BCUT2D eigenvalue weighted by Gasteiger charge is 2.31. The van der Waals surface area contributed by atoms with E-state index in [1.165, 1.54) is 12.4 Å². The molecular formula is C16H15F3N6. The summed E-state index contributed by atoms with van der Waals surface area (Å²) in [6.45, 7) is 1.82. The zero-order valence-electron chi connectivity index (χ0n) is 13.1. The number of anilines is 1. The third-order valence-electron chi connectivity index (χ3n) is 4.15. The van der Waals surface area contributed by atoms with Gasteiger partial charge >= 0.3 is 6.18 Å². The summed E-state index contributed by atoms with van der Waals surface area (Å²) in [6, 6.07) is 2.34. The number of imidazole rings is 1. The summed E-state index contributed by atoms with van der Waals surface area (Å²) in [6.07, 6.45) is 2.66. The van der Waals surface area contributed by atoms with Crippen LogP contribution in [0.3, 0.4) is 0 Å². The fourth-order valence-corrected chi connectivity index (χ4v) is 2.89. The van der Waals surface area contributed by atoms with Gasteiger partial charge in [0.2, 0.25) is 0 Å². The normalized spacial score (nSPS) is 18.0. The molecule has 3 aromatic heterocycles. The first-order chi connectivity index (χ1) is 12.0. The summed E-state index contributed by atoms with van der Waals surface area (Å²) in [5.74, 6) is 0.632. The maximum Gasteiger partial charge on any atom is 0.416 e. The Bertz CT molecular complexity index is 898. The van der Waals surface area contributed by atoms with Crippen molar-refractivity contribution in [1.29, 1.82) is 0 Å². The van der Waals surface area contributed by atoms with Crippen LogP contribution in [0.15, 0.2) is 36.9 Å². The van der Waals surface area contributed by atoms with E-state index in [1.807, 2.05) is 0 Å². The molecule has 0 spiro atoms. The zero-order chi connectivity index (χ0) is 17.4. The Balaban J connectivity index is 1.67. The summed E-state index contributed by atoms with van der Waals surface area (Å²) >= 11 is 0. The van der Waals surface area contributed by atoms with Gasteiger partial charge in [-0.15, -0.1) is 0 Å². The minimum absolute atomic E-state index is 0.213. The average molecular weight is 348 g/mol. The van der Waals surface area contributed by atoms with Crippen LogP contribution >= 0.6 is 0 Å². The van der Waals surface area contributed by atoms with E-state index in [0.717, 1.165) is 31.6 Å². The van der Waals surface area contributed by atoms with Gasteiger partial charge in [0.15, 0.2) is 0 Å². The quantitative estimate of drug-likeness (QED) is 0.762. The van der Waals surface area contributed by atoms with Gasteiger partial charge in [-0.3, -0.25) is 9.38 Å². The molecule has 1 saturated heterocycles. The summed E-state index contributed by atoms with van der Waals surface area (Å²) in [5.41, 5.74) is 0.616. The van der Waals surface area contributed by atoms with Crippen LogP contribution in [-0.4, -0.2) is 38.5 Å². The van der Waals surface area contributed by atoms with Gasteiger partial charge in [0.05, 0.1) is 29.8 Å².